The van der Waals surface area contributed by atoms with Crippen LogP contribution in [0.3, 0.4) is 0 Å². The Hall–Kier alpha value is -0.770. The van der Waals surface area contributed by atoms with Crippen LogP contribution in [0.5, 0.6) is 0 Å². The van der Waals surface area contributed by atoms with Crippen LogP contribution in [0.15, 0.2) is 0 Å². The van der Waals surface area contributed by atoms with Crippen molar-refractivity contribution in [3.63, 3.8) is 0 Å². The number of carbonyl (C=O) groups excluding carboxylic acids is 1. The molecule has 2 saturated carbocycles. The summed E-state index contributed by atoms with van der Waals surface area (Å²) < 4.78 is 0. The largest absolute Gasteiger partial charge is 0.298 e. The highest BCUT2D eigenvalue weighted by Gasteiger charge is 2.61. The van der Waals surface area contributed by atoms with Crippen molar-refractivity contribution >= 4 is 5.78 Å². The molecule has 2 aliphatic rings. The molecule has 0 heterocycles. The molecule has 0 aromatic heterocycles. The Kier molecular flexibility index (Phi) is 0.679. The third kappa shape index (κ3) is 0.400. The number of carbonyl (C=O) groups is 1. The van der Waals surface area contributed by atoms with E-state index in [0.29, 0.717) is 11.7 Å². The maximum atomic E-state index is 11.0. The van der Waals surface area contributed by atoms with Gasteiger partial charge in [0, 0.05) is 6.42 Å². The van der Waals surface area contributed by atoms with Gasteiger partial charge < -0.3 is 0 Å². The topological polar surface area (TPSA) is 17.1 Å². The van der Waals surface area contributed by atoms with E-state index < -0.39 is 0 Å². The number of Topliss-reactive ketones (excluding diaryl/α,β-unsaturated/α-hetero) is 1. The number of fused-ring (bicyclic) bond motifs is 1. The fourth-order valence-corrected chi connectivity index (χ4v) is 1.81. The van der Waals surface area contributed by atoms with Crippen molar-refractivity contribution in [1.82, 2.24) is 0 Å². The summed E-state index contributed by atoms with van der Waals surface area (Å²) in [6, 6.07) is 0. The lowest BCUT2D eigenvalue weighted by molar-refractivity contribution is -0.120. The third-order valence-electron chi connectivity index (χ3n) is 2.58. The van der Waals surface area contributed by atoms with E-state index in [-0.39, 0.29) is 5.41 Å². The molecule has 2 fully saturated rings. The molecule has 0 spiro atoms. The van der Waals surface area contributed by atoms with Gasteiger partial charge in [-0.05, 0) is 18.8 Å². The van der Waals surface area contributed by atoms with E-state index in [0.717, 1.165) is 19.3 Å². The smallest absolute Gasteiger partial charge is 0.151 e. The lowest BCUT2D eigenvalue weighted by Crippen LogP contribution is -2.08. The van der Waals surface area contributed by atoms with Gasteiger partial charge in [0.15, 0.2) is 5.78 Å². The average molecular weight is 120 g/mol. The lowest BCUT2D eigenvalue weighted by atomic mass is 10.0. The second-order valence-electron chi connectivity index (χ2n) is 2.98. The van der Waals surface area contributed by atoms with Crippen molar-refractivity contribution < 1.29 is 4.79 Å². The summed E-state index contributed by atoms with van der Waals surface area (Å²) in [5.74, 6) is 3.49. The zero-order valence-corrected chi connectivity index (χ0v) is 5.18. The van der Waals surface area contributed by atoms with E-state index in [1.807, 2.05) is 0 Å². The first-order chi connectivity index (χ1) is 4.29. The van der Waals surface area contributed by atoms with Crippen LogP contribution in [-0.4, -0.2) is 5.78 Å². The Labute approximate surface area is 54.4 Å². The Bertz CT molecular complexity index is 211. The fourth-order valence-electron chi connectivity index (χ4n) is 1.81. The summed E-state index contributed by atoms with van der Waals surface area (Å²) in [6.07, 6.45) is 7.98. The highest BCUT2D eigenvalue weighted by atomic mass is 16.1. The number of hydrogen-bond donors (Lipinski definition) is 0. The second-order valence-corrected chi connectivity index (χ2v) is 2.98. The zero-order chi connectivity index (χ0) is 6.48. The molecular formula is C8H8O. The van der Waals surface area contributed by atoms with Gasteiger partial charge in [0.25, 0.3) is 0 Å². The molecule has 9 heavy (non-hydrogen) atoms. The SMILES string of the molecule is C#C[C@]12C[C@H]1CCC2=O. The van der Waals surface area contributed by atoms with Crippen LogP contribution in [0.1, 0.15) is 19.3 Å². The summed E-state index contributed by atoms with van der Waals surface area (Å²) >= 11 is 0. The van der Waals surface area contributed by atoms with Gasteiger partial charge in [-0.3, -0.25) is 4.79 Å². The van der Waals surface area contributed by atoms with Crippen LogP contribution in [0.4, 0.5) is 0 Å². The molecule has 2 aliphatic carbocycles. The Morgan fingerprint density at radius 3 is 2.78 bits per heavy atom. The number of rotatable bonds is 0. The van der Waals surface area contributed by atoms with Crippen LogP contribution in [0.25, 0.3) is 0 Å². The summed E-state index contributed by atoms with van der Waals surface area (Å²) in [4.78, 5) is 11.0. The molecule has 0 unspecified atom stereocenters. The lowest BCUT2D eigenvalue weighted by Gasteiger charge is -1.96. The quantitative estimate of drug-likeness (QED) is 0.436. The normalized spacial score (nSPS) is 46.1. The van der Waals surface area contributed by atoms with Gasteiger partial charge in [-0.25, -0.2) is 0 Å². The van der Waals surface area contributed by atoms with Crippen LogP contribution in [0.2, 0.25) is 0 Å². The molecule has 0 aromatic carbocycles. The molecular weight excluding hydrogens is 112 g/mol. The van der Waals surface area contributed by atoms with Gasteiger partial charge in [-0.15, -0.1) is 6.42 Å². The number of ketones is 1. The molecule has 1 nitrogen and oxygen atoms in total. The minimum Gasteiger partial charge on any atom is -0.298 e. The predicted molar refractivity (Wildman–Crippen MR) is 33.6 cm³/mol. The van der Waals surface area contributed by atoms with Gasteiger partial charge in [0.05, 0.1) is 5.41 Å². The first kappa shape index (κ1) is 5.05. The fraction of sp³-hybridized carbons (Fsp3) is 0.625. The summed E-state index contributed by atoms with van der Waals surface area (Å²) in [5, 5.41) is 0. The standard InChI is InChI=1S/C8H8O/c1-2-8-5-6(8)3-4-7(8)9/h1,6H,3-5H2/t6-,8+/m1/s1. The van der Waals surface area contributed by atoms with Crippen molar-refractivity contribution in [2.24, 2.45) is 11.3 Å². The molecule has 0 aliphatic heterocycles. The molecule has 2 rings (SSSR count). The minimum atomic E-state index is -0.250. The van der Waals surface area contributed by atoms with E-state index in [1.54, 1.807) is 0 Å². The average Bonchev–Trinajstić information content (AvgIpc) is 2.52. The third-order valence-corrected chi connectivity index (χ3v) is 2.58. The molecule has 0 saturated heterocycles. The van der Waals surface area contributed by atoms with E-state index in [2.05, 4.69) is 5.92 Å². The van der Waals surface area contributed by atoms with Crippen LogP contribution >= 0.6 is 0 Å². The molecule has 0 radical (unpaired) electrons. The Balaban J connectivity index is 2.36. The zero-order valence-electron chi connectivity index (χ0n) is 5.18. The van der Waals surface area contributed by atoms with E-state index >= 15 is 0 Å². The minimum absolute atomic E-state index is 0.250. The summed E-state index contributed by atoms with van der Waals surface area (Å²) in [6.45, 7) is 0. The van der Waals surface area contributed by atoms with Crippen LogP contribution < -0.4 is 0 Å². The first-order valence-corrected chi connectivity index (χ1v) is 3.31. The van der Waals surface area contributed by atoms with Gasteiger partial charge in [-0.1, -0.05) is 5.92 Å². The second kappa shape index (κ2) is 1.21. The summed E-state index contributed by atoms with van der Waals surface area (Å²) in [7, 11) is 0. The predicted octanol–water partition coefficient (Wildman–Crippen LogP) is 0.989. The van der Waals surface area contributed by atoms with Crippen LogP contribution in [0, 0.1) is 23.7 Å². The molecule has 0 bridgehead atoms. The molecule has 46 valence electrons. The molecule has 1 heteroatoms. The number of hydrogen-bond acceptors (Lipinski definition) is 1. The van der Waals surface area contributed by atoms with Crippen molar-refractivity contribution in [3.8, 4) is 12.3 Å². The maximum Gasteiger partial charge on any atom is 0.151 e. The van der Waals surface area contributed by atoms with Gasteiger partial charge in [0.2, 0.25) is 0 Å². The van der Waals surface area contributed by atoms with Crippen molar-refractivity contribution in [1.29, 1.82) is 0 Å². The van der Waals surface area contributed by atoms with Crippen molar-refractivity contribution in [3.05, 3.63) is 0 Å². The summed E-state index contributed by atoms with van der Waals surface area (Å²) in [5.41, 5.74) is -0.250. The highest BCUT2D eigenvalue weighted by molar-refractivity contribution is 5.93. The molecule has 0 amide bonds. The van der Waals surface area contributed by atoms with Gasteiger partial charge >= 0.3 is 0 Å². The highest BCUT2D eigenvalue weighted by Crippen LogP contribution is 2.60. The maximum absolute atomic E-state index is 11.0. The monoisotopic (exact) mass is 120 g/mol. The van der Waals surface area contributed by atoms with Gasteiger partial charge in [-0.2, -0.15) is 0 Å². The molecule has 0 N–H and O–H groups in total. The number of terminal acetylenes is 1. The van der Waals surface area contributed by atoms with Crippen molar-refractivity contribution in [2.45, 2.75) is 19.3 Å². The Morgan fingerprint density at radius 2 is 2.56 bits per heavy atom. The first-order valence-electron chi connectivity index (χ1n) is 3.31. The molecule has 2 atom stereocenters. The van der Waals surface area contributed by atoms with Crippen molar-refractivity contribution in [2.75, 3.05) is 0 Å². The van der Waals surface area contributed by atoms with Gasteiger partial charge in [0.1, 0.15) is 0 Å². The Morgan fingerprint density at radius 1 is 1.78 bits per heavy atom. The van der Waals surface area contributed by atoms with E-state index in [1.165, 1.54) is 0 Å². The van der Waals surface area contributed by atoms with Crippen LogP contribution in [-0.2, 0) is 4.79 Å². The molecule has 0 aromatic rings. The van der Waals surface area contributed by atoms with E-state index in [9.17, 15) is 4.79 Å². The van der Waals surface area contributed by atoms with E-state index in [4.69, 9.17) is 6.42 Å².